The van der Waals surface area contributed by atoms with Crippen molar-refractivity contribution in [2.75, 3.05) is 31.1 Å². The van der Waals surface area contributed by atoms with E-state index < -0.39 is 0 Å². The van der Waals surface area contributed by atoms with E-state index >= 15 is 0 Å². The van der Waals surface area contributed by atoms with E-state index in [1.54, 1.807) is 0 Å². The zero-order valence-corrected chi connectivity index (χ0v) is 20.6. The van der Waals surface area contributed by atoms with Crippen LogP contribution < -0.4 is 31.4 Å². The van der Waals surface area contributed by atoms with Gasteiger partial charge in [0.05, 0.1) is 0 Å². The summed E-state index contributed by atoms with van der Waals surface area (Å²) in [7, 11) is 0. The van der Waals surface area contributed by atoms with Gasteiger partial charge in [-0.3, -0.25) is 0 Å². The molecule has 5 aromatic rings. The van der Waals surface area contributed by atoms with Crippen LogP contribution in [0, 0.1) is 3.57 Å². The third kappa shape index (κ3) is 3.90. The standard InChI is InChI=1S/C25H22IN8/c1-2-26-19-3-4-21-20(5-6-28-23(21)11-19)22-15-32-34-16-18(14-29-24(22)34)17-12-30-25(31-13-17)33-9-7-27-8-10-33/h2-6,11-16,27H,1,7-10H2/q-1. The monoisotopic (exact) mass is 561 g/mol. The summed E-state index contributed by atoms with van der Waals surface area (Å²) in [6, 6.07) is 8.50. The Morgan fingerprint density at radius 3 is 2.56 bits per heavy atom. The molecule has 0 unspecified atom stereocenters. The Balaban J connectivity index is 1.34. The van der Waals surface area contributed by atoms with E-state index in [1.165, 1.54) is 3.57 Å². The Bertz CT molecular complexity index is 1490. The molecule has 1 N–H and O–H groups in total. The van der Waals surface area contributed by atoms with Crippen molar-refractivity contribution in [1.29, 1.82) is 0 Å². The molecule has 0 saturated carbocycles. The van der Waals surface area contributed by atoms with Crippen molar-refractivity contribution in [1.82, 2.24) is 34.9 Å². The second-order valence-electron chi connectivity index (χ2n) is 7.96. The van der Waals surface area contributed by atoms with Gasteiger partial charge in [0.1, 0.15) is 0 Å². The molecule has 0 bridgehead atoms. The Labute approximate surface area is 207 Å². The van der Waals surface area contributed by atoms with Gasteiger partial charge in [0.2, 0.25) is 5.95 Å². The summed E-state index contributed by atoms with van der Waals surface area (Å²) in [4.78, 5) is 20.7. The van der Waals surface area contributed by atoms with Crippen molar-refractivity contribution < 1.29 is 21.2 Å². The van der Waals surface area contributed by atoms with E-state index in [9.17, 15) is 0 Å². The number of pyridine rings is 1. The first kappa shape index (κ1) is 21.1. The number of anilines is 1. The summed E-state index contributed by atoms with van der Waals surface area (Å²) in [6.45, 7) is 7.63. The van der Waals surface area contributed by atoms with Crippen molar-refractivity contribution in [3.63, 3.8) is 0 Å². The molecule has 6 rings (SSSR count). The Hall–Kier alpha value is -3.44. The van der Waals surface area contributed by atoms with Crippen LogP contribution in [0.1, 0.15) is 0 Å². The number of aromatic nitrogens is 6. The van der Waals surface area contributed by atoms with Crippen LogP contribution in [0.15, 0.2) is 72.1 Å². The second-order valence-corrected chi connectivity index (χ2v) is 10.7. The van der Waals surface area contributed by atoms with Gasteiger partial charge in [-0.15, -0.1) is 0 Å². The van der Waals surface area contributed by atoms with E-state index in [2.05, 4.69) is 55.0 Å². The van der Waals surface area contributed by atoms with Gasteiger partial charge in [0.25, 0.3) is 0 Å². The average molecular weight is 561 g/mol. The van der Waals surface area contributed by atoms with Crippen LogP contribution in [-0.2, 0) is 0 Å². The van der Waals surface area contributed by atoms with Crippen LogP contribution in [0.5, 0.6) is 0 Å². The van der Waals surface area contributed by atoms with Crippen LogP contribution in [0.4, 0.5) is 5.95 Å². The number of nitrogens with zero attached hydrogens (tertiary/aromatic N) is 7. The maximum absolute atomic E-state index is 4.76. The molecule has 9 heteroatoms. The molecule has 1 aliphatic rings. The van der Waals surface area contributed by atoms with Crippen LogP contribution in [0.25, 0.3) is 38.8 Å². The molecule has 0 atom stereocenters. The molecule has 0 amide bonds. The zero-order valence-electron chi connectivity index (χ0n) is 18.4. The molecule has 1 saturated heterocycles. The van der Waals surface area contributed by atoms with Crippen molar-refractivity contribution in [3.8, 4) is 22.3 Å². The summed E-state index contributed by atoms with van der Waals surface area (Å²) in [5, 5.41) is 9.04. The van der Waals surface area contributed by atoms with Crippen molar-refractivity contribution in [2.24, 2.45) is 0 Å². The molecule has 8 nitrogen and oxygen atoms in total. The fourth-order valence-corrected chi connectivity index (χ4v) is 5.60. The van der Waals surface area contributed by atoms with E-state index in [-0.39, 0.29) is 21.2 Å². The van der Waals surface area contributed by atoms with Gasteiger partial charge in [-0.2, -0.15) is 0 Å². The third-order valence-electron chi connectivity index (χ3n) is 5.93. The molecular weight excluding hydrogens is 539 g/mol. The number of hydrogen-bond donors (Lipinski definition) is 1. The fourth-order valence-electron chi connectivity index (χ4n) is 4.23. The van der Waals surface area contributed by atoms with Crippen LogP contribution in [-0.4, -0.2) is 55.7 Å². The van der Waals surface area contributed by atoms with E-state index in [0.29, 0.717) is 0 Å². The minimum absolute atomic E-state index is 0.183. The SMILES string of the molecule is C=C[I-]c1ccc2c(-c3cnn4cc(-c5cnc(N6CCNCC6)nc5)cnc34)ccnc2c1. The number of halogens is 1. The maximum atomic E-state index is 4.76. The Morgan fingerprint density at radius 2 is 1.74 bits per heavy atom. The average Bonchev–Trinajstić information content (AvgIpc) is 3.32. The van der Waals surface area contributed by atoms with Crippen LogP contribution >= 0.6 is 0 Å². The van der Waals surface area contributed by atoms with Crippen LogP contribution in [0.3, 0.4) is 0 Å². The molecule has 1 fully saturated rings. The van der Waals surface area contributed by atoms with Gasteiger partial charge < -0.3 is 10.2 Å². The number of nitrogens with one attached hydrogen (secondary N) is 1. The van der Waals surface area contributed by atoms with Gasteiger partial charge in [0, 0.05) is 26.2 Å². The molecule has 4 aromatic heterocycles. The van der Waals surface area contributed by atoms with E-state index in [0.717, 1.165) is 70.9 Å². The summed E-state index contributed by atoms with van der Waals surface area (Å²) < 4.78 is 5.14. The molecule has 0 radical (unpaired) electrons. The molecule has 0 aliphatic carbocycles. The summed E-state index contributed by atoms with van der Waals surface area (Å²) >= 11 is -0.183. The summed E-state index contributed by atoms with van der Waals surface area (Å²) in [6.07, 6.45) is 11.3. The van der Waals surface area contributed by atoms with Gasteiger partial charge in [-0.25, -0.2) is 9.97 Å². The first-order valence-electron chi connectivity index (χ1n) is 11.0. The van der Waals surface area contributed by atoms with E-state index in [4.69, 9.17) is 4.98 Å². The Morgan fingerprint density at radius 1 is 0.912 bits per heavy atom. The molecule has 170 valence electrons. The number of benzene rings is 1. The Kier molecular flexibility index (Phi) is 5.63. The first-order valence-corrected chi connectivity index (χ1v) is 13.4. The molecular formula is C25H22IN8-. The quantitative estimate of drug-likeness (QED) is 0.308. The first-order chi connectivity index (χ1) is 16.8. The zero-order chi connectivity index (χ0) is 22.9. The molecule has 0 spiro atoms. The fraction of sp³-hybridized carbons (Fsp3) is 0.160. The van der Waals surface area contributed by atoms with Gasteiger partial charge >= 0.3 is 155 Å². The molecule has 5 heterocycles. The van der Waals surface area contributed by atoms with Crippen molar-refractivity contribution in [2.45, 2.75) is 0 Å². The summed E-state index contributed by atoms with van der Waals surface area (Å²) in [5.41, 5.74) is 5.68. The molecule has 1 aliphatic heterocycles. The number of hydrogen-bond acceptors (Lipinski definition) is 7. The van der Waals surface area contributed by atoms with Crippen LogP contribution in [0.2, 0.25) is 0 Å². The number of fused-ring (bicyclic) bond motifs is 2. The van der Waals surface area contributed by atoms with Crippen molar-refractivity contribution in [3.05, 3.63) is 75.7 Å². The predicted molar refractivity (Wildman–Crippen MR) is 129 cm³/mol. The summed E-state index contributed by atoms with van der Waals surface area (Å²) in [5.74, 6) is 0.767. The molecule has 1 aromatic carbocycles. The van der Waals surface area contributed by atoms with Gasteiger partial charge in [-0.05, 0) is 0 Å². The molecule has 34 heavy (non-hydrogen) atoms. The number of rotatable bonds is 5. The predicted octanol–water partition coefficient (Wildman–Crippen LogP) is 0.213. The number of piperazine rings is 1. The van der Waals surface area contributed by atoms with Gasteiger partial charge in [0.15, 0.2) is 0 Å². The second kappa shape index (κ2) is 9.07. The van der Waals surface area contributed by atoms with Gasteiger partial charge in [-0.1, -0.05) is 0 Å². The topological polar surface area (TPSA) is 84.1 Å². The normalized spacial score (nSPS) is 14.2. The third-order valence-corrected chi connectivity index (χ3v) is 7.76. The van der Waals surface area contributed by atoms with Crippen molar-refractivity contribution >= 4 is 22.5 Å². The minimum atomic E-state index is -0.183. The van der Waals surface area contributed by atoms with E-state index in [1.807, 2.05) is 51.8 Å².